The van der Waals surface area contributed by atoms with Crippen molar-refractivity contribution in [3.8, 4) is 0 Å². The van der Waals surface area contributed by atoms with Gasteiger partial charge in [-0.1, -0.05) is 44.2 Å². The van der Waals surface area contributed by atoms with Gasteiger partial charge in [0.2, 0.25) is 0 Å². The molecular formula is C25H28N2O. The van der Waals surface area contributed by atoms with Gasteiger partial charge in [0.25, 0.3) is 0 Å². The molecule has 0 unspecified atom stereocenters. The number of likely N-dealkylation sites (tertiary alicyclic amines) is 1. The molecule has 1 aliphatic heterocycles. The largest absolute Gasteiger partial charge is 0.381 e. The van der Waals surface area contributed by atoms with E-state index in [0.717, 1.165) is 30.3 Å². The SMILES string of the molecule is C[C@H]1[C@@H]2N(CC3CC3)C[C@@]23C(=O)c2ccc(NCc4ccccc4)cc2[C@]13C. The highest BCUT2D eigenvalue weighted by molar-refractivity contribution is 6.10. The summed E-state index contributed by atoms with van der Waals surface area (Å²) >= 11 is 0. The van der Waals surface area contributed by atoms with Crippen molar-refractivity contribution in [1.82, 2.24) is 4.90 Å². The van der Waals surface area contributed by atoms with Crippen LogP contribution in [-0.2, 0) is 12.0 Å². The van der Waals surface area contributed by atoms with Crippen molar-refractivity contribution in [3.63, 3.8) is 0 Å². The molecule has 3 aliphatic carbocycles. The summed E-state index contributed by atoms with van der Waals surface area (Å²) in [6.45, 7) is 7.71. The zero-order valence-corrected chi connectivity index (χ0v) is 16.7. The number of anilines is 1. The molecule has 0 amide bonds. The van der Waals surface area contributed by atoms with Crippen molar-refractivity contribution >= 4 is 11.5 Å². The maximum atomic E-state index is 13.5. The molecule has 4 aliphatic rings. The van der Waals surface area contributed by atoms with Crippen LogP contribution in [0.3, 0.4) is 0 Å². The van der Waals surface area contributed by atoms with E-state index in [1.165, 1.54) is 30.5 Å². The fourth-order valence-corrected chi connectivity index (χ4v) is 6.61. The highest BCUT2D eigenvalue weighted by Gasteiger charge is 2.81. The molecule has 2 aromatic carbocycles. The van der Waals surface area contributed by atoms with Crippen LogP contribution in [0.25, 0.3) is 0 Å². The van der Waals surface area contributed by atoms with Crippen LogP contribution in [-0.4, -0.2) is 29.8 Å². The first-order valence-electron chi connectivity index (χ1n) is 10.8. The van der Waals surface area contributed by atoms with Gasteiger partial charge in [0.1, 0.15) is 0 Å². The van der Waals surface area contributed by atoms with Gasteiger partial charge in [0.05, 0.1) is 5.41 Å². The van der Waals surface area contributed by atoms with E-state index in [1.807, 2.05) is 6.07 Å². The highest BCUT2D eigenvalue weighted by Crippen LogP contribution is 2.73. The van der Waals surface area contributed by atoms with Gasteiger partial charge in [-0.25, -0.2) is 0 Å². The summed E-state index contributed by atoms with van der Waals surface area (Å²) in [5.41, 5.74) is 4.50. The molecule has 1 spiro atoms. The van der Waals surface area contributed by atoms with E-state index in [4.69, 9.17) is 0 Å². The third-order valence-electron chi connectivity index (χ3n) is 8.42. The first kappa shape index (κ1) is 16.8. The minimum absolute atomic E-state index is 0.00539. The predicted octanol–water partition coefficient (Wildman–Crippen LogP) is 4.48. The third kappa shape index (κ3) is 1.91. The quantitative estimate of drug-likeness (QED) is 0.840. The lowest BCUT2D eigenvalue weighted by Gasteiger charge is -2.75. The fraction of sp³-hybridized carbons (Fsp3) is 0.480. The molecule has 144 valence electrons. The summed E-state index contributed by atoms with van der Waals surface area (Å²) in [4.78, 5) is 16.1. The Bertz CT molecular complexity index is 966. The number of Topliss-reactive ketones (excluding diaryl/α,β-unsaturated/α-hetero) is 1. The van der Waals surface area contributed by atoms with Crippen LogP contribution in [0.2, 0.25) is 0 Å². The van der Waals surface area contributed by atoms with E-state index in [1.54, 1.807) is 0 Å². The standard InChI is InChI=1S/C25H28N2O/c1-16-22-25(15-27(22)14-18-8-9-18)23(28)20-11-10-19(12-21(20)24(16,25)2)26-13-17-6-4-3-5-7-17/h3-7,10-12,16,18,22,26H,8-9,13-15H2,1-2H3/t16-,22-,24-,25-/m0/s1. The Morgan fingerprint density at radius 2 is 1.93 bits per heavy atom. The van der Waals surface area contributed by atoms with Crippen molar-refractivity contribution in [2.75, 3.05) is 18.4 Å². The van der Waals surface area contributed by atoms with Gasteiger partial charge < -0.3 is 5.32 Å². The Balaban J connectivity index is 1.29. The second-order valence-corrected chi connectivity index (χ2v) is 9.71. The van der Waals surface area contributed by atoms with Gasteiger partial charge in [-0.3, -0.25) is 9.69 Å². The second kappa shape index (κ2) is 5.48. The molecule has 3 heteroatoms. The third-order valence-corrected chi connectivity index (χ3v) is 8.42. The van der Waals surface area contributed by atoms with Crippen LogP contribution in [0.5, 0.6) is 0 Å². The number of hydrogen-bond donors (Lipinski definition) is 1. The number of rotatable bonds is 5. The van der Waals surface area contributed by atoms with Crippen LogP contribution in [0.4, 0.5) is 5.69 Å². The van der Waals surface area contributed by atoms with Crippen molar-refractivity contribution < 1.29 is 4.79 Å². The lowest BCUT2D eigenvalue weighted by molar-refractivity contribution is -0.216. The average molecular weight is 373 g/mol. The fourth-order valence-electron chi connectivity index (χ4n) is 6.61. The van der Waals surface area contributed by atoms with E-state index in [-0.39, 0.29) is 10.8 Å². The van der Waals surface area contributed by atoms with E-state index in [9.17, 15) is 4.79 Å². The van der Waals surface area contributed by atoms with Crippen molar-refractivity contribution in [2.24, 2.45) is 17.3 Å². The zero-order chi connectivity index (χ0) is 19.1. The van der Waals surface area contributed by atoms with Crippen molar-refractivity contribution in [3.05, 3.63) is 65.2 Å². The van der Waals surface area contributed by atoms with Gasteiger partial charge in [0.15, 0.2) is 5.78 Å². The van der Waals surface area contributed by atoms with Gasteiger partial charge in [-0.15, -0.1) is 0 Å². The summed E-state index contributed by atoms with van der Waals surface area (Å²) in [5.74, 6) is 1.84. The molecule has 3 nitrogen and oxygen atoms in total. The predicted molar refractivity (Wildman–Crippen MR) is 112 cm³/mol. The number of carbonyl (C=O) groups excluding carboxylic acids is 1. The molecule has 2 saturated carbocycles. The van der Waals surface area contributed by atoms with Crippen molar-refractivity contribution in [1.29, 1.82) is 0 Å². The molecule has 0 bridgehead atoms. The molecule has 1 heterocycles. The number of nitrogens with one attached hydrogen (secondary N) is 1. The highest BCUT2D eigenvalue weighted by atomic mass is 16.1. The molecule has 6 rings (SSSR count). The van der Waals surface area contributed by atoms with Crippen LogP contribution >= 0.6 is 0 Å². The molecule has 1 saturated heterocycles. The Morgan fingerprint density at radius 1 is 1.14 bits per heavy atom. The topological polar surface area (TPSA) is 32.3 Å². The lowest BCUT2D eigenvalue weighted by atomic mass is 9.37. The molecule has 1 N–H and O–H groups in total. The number of benzene rings is 2. The maximum absolute atomic E-state index is 13.5. The molecule has 3 fully saturated rings. The molecule has 0 aromatic heterocycles. The molecule has 0 radical (unpaired) electrons. The summed E-state index contributed by atoms with van der Waals surface area (Å²) in [6, 6.07) is 17.4. The molecule has 28 heavy (non-hydrogen) atoms. The first-order chi connectivity index (χ1) is 13.6. The Kier molecular flexibility index (Phi) is 3.28. The van der Waals surface area contributed by atoms with Crippen LogP contribution in [0.15, 0.2) is 48.5 Å². The Hall–Kier alpha value is -2.13. The summed E-state index contributed by atoms with van der Waals surface area (Å²) in [5, 5.41) is 3.56. The van der Waals surface area contributed by atoms with Gasteiger partial charge in [0, 0.05) is 42.3 Å². The van der Waals surface area contributed by atoms with Crippen molar-refractivity contribution in [2.45, 2.75) is 44.7 Å². The normalized spacial score (nSPS) is 35.4. The maximum Gasteiger partial charge on any atom is 0.173 e. The monoisotopic (exact) mass is 372 g/mol. The summed E-state index contributed by atoms with van der Waals surface area (Å²) in [7, 11) is 0. The molecular weight excluding hydrogens is 344 g/mol. The van der Waals surface area contributed by atoms with Gasteiger partial charge in [-0.05, 0) is 54.0 Å². The van der Waals surface area contributed by atoms with E-state index >= 15 is 0 Å². The number of piperidine rings is 1. The van der Waals surface area contributed by atoms with Gasteiger partial charge >= 0.3 is 0 Å². The summed E-state index contributed by atoms with van der Waals surface area (Å²) < 4.78 is 0. The second-order valence-electron chi connectivity index (χ2n) is 9.71. The number of carbonyl (C=O) groups is 1. The van der Waals surface area contributed by atoms with Gasteiger partial charge in [-0.2, -0.15) is 0 Å². The Labute approximate surface area is 167 Å². The lowest BCUT2D eigenvalue weighted by Crippen LogP contribution is -2.85. The number of nitrogens with zero attached hydrogens (tertiary/aromatic N) is 1. The number of hydrogen-bond acceptors (Lipinski definition) is 3. The number of ketones is 1. The zero-order valence-electron chi connectivity index (χ0n) is 16.7. The molecule has 2 aromatic rings. The van der Waals surface area contributed by atoms with Crippen LogP contribution in [0.1, 0.15) is 48.2 Å². The summed E-state index contributed by atoms with van der Waals surface area (Å²) in [6.07, 6.45) is 2.76. The minimum Gasteiger partial charge on any atom is -0.381 e. The van der Waals surface area contributed by atoms with Crippen LogP contribution < -0.4 is 5.32 Å². The average Bonchev–Trinajstić information content (AvgIpc) is 3.50. The van der Waals surface area contributed by atoms with Crippen LogP contribution in [0, 0.1) is 17.3 Å². The number of fused-ring (bicyclic) bond motifs is 2. The molecule has 4 atom stereocenters. The van der Waals surface area contributed by atoms with E-state index in [2.05, 4.69) is 66.5 Å². The van der Waals surface area contributed by atoms with E-state index in [0.29, 0.717) is 17.7 Å². The Morgan fingerprint density at radius 3 is 2.68 bits per heavy atom. The van der Waals surface area contributed by atoms with E-state index < -0.39 is 0 Å². The minimum atomic E-state index is -0.151. The first-order valence-corrected chi connectivity index (χ1v) is 10.8. The smallest absolute Gasteiger partial charge is 0.173 e.